The molecule has 1 aliphatic heterocycles. The van der Waals surface area contributed by atoms with Gasteiger partial charge in [-0.25, -0.2) is 4.79 Å². The van der Waals surface area contributed by atoms with Gasteiger partial charge in [0.1, 0.15) is 0 Å². The first-order valence-electron chi connectivity index (χ1n) is 7.58. The van der Waals surface area contributed by atoms with Crippen LogP contribution in [0.3, 0.4) is 0 Å². The second-order valence-electron chi connectivity index (χ2n) is 5.95. The number of hydrogen-bond acceptors (Lipinski definition) is 3. The highest BCUT2D eigenvalue weighted by molar-refractivity contribution is 5.75. The molecule has 3 atom stereocenters. The summed E-state index contributed by atoms with van der Waals surface area (Å²) in [6.45, 7) is 6.11. The summed E-state index contributed by atoms with van der Waals surface area (Å²) in [6, 6.07) is -0.150. The predicted molar refractivity (Wildman–Crippen MR) is 75.5 cm³/mol. The average molecular weight is 283 g/mol. The average Bonchev–Trinajstić information content (AvgIpc) is 3.04. The third-order valence-corrected chi connectivity index (χ3v) is 4.49. The fourth-order valence-electron chi connectivity index (χ4n) is 3.18. The van der Waals surface area contributed by atoms with Gasteiger partial charge in [0.15, 0.2) is 0 Å². The Bertz CT molecular complexity index is 362. The Labute approximate surface area is 119 Å². The predicted octanol–water partition coefficient (Wildman–Crippen LogP) is 0.881. The highest BCUT2D eigenvalue weighted by atomic mass is 16.4. The van der Waals surface area contributed by atoms with E-state index in [4.69, 9.17) is 5.11 Å². The van der Waals surface area contributed by atoms with Crippen LogP contribution in [-0.2, 0) is 4.79 Å². The van der Waals surface area contributed by atoms with Crippen LogP contribution >= 0.6 is 0 Å². The molecule has 1 saturated carbocycles. The summed E-state index contributed by atoms with van der Waals surface area (Å²) in [5.41, 5.74) is 0. The number of carbonyl (C=O) groups is 2. The van der Waals surface area contributed by atoms with Crippen LogP contribution in [0.2, 0.25) is 0 Å². The molecule has 6 nitrogen and oxygen atoms in total. The molecule has 0 aromatic carbocycles. The van der Waals surface area contributed by atoms with Crippen molar-refractivity contribution >= 4 is 12.0 Å². The van der Waals surface area contributed by atoms with E-state index in [0.29, 0.717) is 25.3 Å². The molecule has 1 saturated heterocycles. The maximum absolute atomic E-state index is 11.8. The first kappa shape index (κ1) is 15.1. The SMILES string of the molecule is CCN1CCC(CNC(=O)NC2CCC(C(=O)O)C2)C1. The largest absolute Gasteiger partial charge is 0.481 e. The van der Waals surface area contributed by atoms with Crippen molar-refractivity contribution in [1.82, 2.24) is 15.5 Å². The first-order chi connectivity index (χ1) is 9.58. The van der Waals surface area contributed by atoms with Crippen molar-refractivity contribution in [3.05, 3.63) is 0 Å². The number of hydrogen-bond donors (Lipinski definition) is 3. The normalized spacial score (nSPS) is 30.4. The van der Waals surface area contributed by atoms with E-state index in [-0.39, 0.29) is 18.0 Å². The zero-order chi connectivity index (χ0) is 14.5. The third-order valence-electron chi connectivity index (χ3n) is 4.49. The summed E-state index contributed by atoms with van der Waals surface area (Å²) < 4.78 is 0. The lowest BCUT2D eigenvalue weighted by Gasteiger charge is -2.16. The van der Waals surface area contributed by atoms with Crippen LogP contribution in [-0.4, -0.2) is 54.2 Å². The van der Waals surface area contributed by atoms with E-state index >= 15 is 0 Å². The van der Waals surface area contributed by atoms with Gasteiger partial charge in [-0.05, 0) is 44.7 Å². The molecular weight excluding hydrogens is 258 g/mol. The number of likely N-dealkylation sites (tertiary alicyclic amines) is 1. The van der Waals surface area contributed by atoms with Crippen LogP contribution in [0.1, 0.15) is 32.6 Å². The maximum atomic E-state index is 11.8. The lowest BCUT2D eigenvalue weighted by Crippen LogP contribution is -2.43. The lowest BCUT2D eigenvalue weighted by molar-refractivity contribution is -0.141. The van der Waals surface area contributed by atoms with Gasteiger partial charge in [0.25, 0.3) is 0 Å². The van der Waals surface area contributed by atoms with E-state index in [1.165, 1.54) is 0 Å². The number of carboxylic acids is 1. The van der Waals surface area contributed by atoms with Gasteiger partial charge in [-0.2, -0.15) is 0 Å². The molecule has 0 spiro atoms. The number of nitrogens with zero attached hydrogens (tertiary/aromatic N) is 1. The van der Waals surface area contributed by atoms with Crippen molar-refractivity contribution in [2.45, 2.75) is 38.6 Å². The fraction of sp³-hybridized carbons (Fsp3) is 0.857. The second-order valence-corrected chi connectivity index (χ2v) is 5.95. The van der Waals surface area contributed by atoms with E-state index in [1.54, 1.807) is 0 Å². The molecular formula is C14H25N3O3. The van der Waals surface area contributed by atoms with Gasteiger partial charge in [0.2, 0.25) is 0 Å². The van der Waals surface area contributed by atoms with Crippen molar-refractivity contribution in [3.63, 3.8) is 0 Å². The van der Waals surface area contributed by atoms with Crippen LogP contribution < -0.4 is 10.6 Å². The molecule has 2 aliphatic rings. The molecule has 114 valence electrons. The minimum Gasteiger partial charge on any atom is -0.481 e. The fourth-order valence-corrected chi connectivity index (χ4v) is 3.18. The minimum absolute atomic E-state index is 0.00631. The summed E-state index contributed by atoms with van der Waals surface area (Å²) in [5.74, 6) is -0.510. The molecule has 6 heteroatoms. The van der Waals surface area contributed by atoms with Crippen LogP contribution in [0.15, 0.2) is 0 Å². The molecule has 2 fully saturated rings. The standard InChI is InChI=1S/C14H25N3O3/c1-2-17-6-5-10(9-17)8-15-14(20)16-12-4-3-11(7-12)13(18)19/h10-12H,2-9H2,1H3,(H,18,19)(H2,15,16,20). The van der Waals surface area contributed by atoms with Gasteiger partial charge in [-0.1, -0.05) is 6.92 Å². The summed E-state index contributed by atoms with van der Waals surface area (Å²) in [5, 5.41) is 14.7. The minimum atomic E-state index is -0.750. The number of nitrogens with one attached hydrogen (secondary N) is 2. The molecule has 2 rings (SSSR count). The monoisotopic (exact) mass is 283 g/mol. The zero-order valence-electron chi connectivity index (χ0n) is 12.1. The van der Waals surface area contributed by atoms with Gasteiger partial charge in [0, 0.05) is 19.1 Å². The molecule has 0 bridgehead atoms. The van der Waals surface area contributed by atoms with Crippen molar-refractivity contribution in [3.8, 4) is 0 Å². The Kier molecular flexibility index (Phi) is 5.23. The van der Waals surface area contributed by atoms with E-state index in [1.807, 2.05) is 0 Å². The smallest absolute Gasteiger partial charge is 0.315 e. The quantitative estimate of drug-likeness (QED) is 0.699. The summed E-state index contributed by atoms with van der Waals surface area (Å²) >= 11 is 0. The van der Waals surface area contributed by atoms with Crippen molar-refractivity contribution in [2.75, 3.05) is 26.2 Å². The number of carbonyl (C=O) groups excluding carboxylic acids is 1. The summed E-state index contributed by atoms with van der Waals surface area (Å²) in [6.07, 6.45) is 3.11. The molecule has 0 radical (unpaired) electrons. The van der Waals surface area contributed by atoms with Gasteiger partial charge in [-0.3, -0.25) is 4.79 Å². The Morgan fingerprint density at radius 3 is 2.70 bits per heavy atom. The van der Waals surface area contributed by atoms with Gasteiger partial charge in [-0.15, -0.1) is 0 Å². The molecule has 0 aromatic rings. The highest BCUT2D eigenvalue weighted by Crippen LogP contribution is 2.25. The number of carboxylic acid groups (broad SMARTS) is 1. The molecule has 2 amide bonds. The molecule has 1 heterocycles. The van der Waals surface area contributed by atoms with E-state index < -0.39 is 5.97 Å². The Morgan fingerprint density at radius 1 is 1.30 bits per heavy atom. The number of aliphatic carboxylic acids is 1. The maximum Gasteiger partial charge on any atom is 0.315 e. The van der Waals surface area contributed by atoms with Crippen LogP contribution in [0.4, 0.5) is 4.79 Å². The van der Waals surface area contributed by atoms with Crippen molar-refractivity contribution in [1.29, 1.82) is 0 Å². The molecule has 3 unspecified atom stereocenters. The number of amides is 2. The van der Waals surface area contributed by atoms with Crippen LogP contribution in [0, 0.1) is 11.8 Å². The molecule has 1 aliphatic carbocycles. The molecule has 3 N–H and O–H groups in total. The van der Waals surface area contributed by atoms with Crippen molar-refractivity contribution < 1.29 is 14.7 Å². The van der Waals surface area contributed by atoms with Gasteiger partial charge in [0.05, 0.1) is 5.92 Å². The second kappa shape index (κ2) is 6.92. The Hall–Kier alpha value is -1.30. The Balaban J connectivity index is 1.63. The third kappa shape index (κ3) is 4.10. The van der Waals surface area contributed by atoms with E-state index in [2.05, 4.69) is 22.5 Å². The first-order valence-corrected chi connectivity index (χ1v) is 7.58. The highest BCUT2D eigenvalue weighted by Gasteiger charge is 2.30. The summed E-state index contributed by atoms with van der Waals surface area (Å²) in [7, 11) is 0. The number of rotatable bonds is 5. The summed E-state index contributed by atoms with van der Waals surface area (Å²) in [4.78, 5) is 25.0. The van der Waals surface area contributed by atoms with Gasteiger partial charge < -0.3 is 20.6 Å². The molecule has 20 heavy (non-hydrogen) atoms. The van der Waals surface area contributed by atoms with Crippen LogP contribution in [0.5, 0.6) is 0 Å². The van der Waals surface area contributed by atoms with E-state index in [0.717, 1.165) is 32.5 Å². The lowest BCUT2D eigenvalue weighted by atomic mass is 10.1. The van der Waals surface area contributed by atoms with E-state index in [9.17, 15) is 9.59 Å². The van der Waals surface area contributed by atoms with Crippen molar-refractivity contribution in [2.24, 2.45) is 11.8 Å². The van der Waals surface area contributed by atoms with Crippen LogP contribution in [0.25, 0.3) is 0 Å². The zero-order valence-corrected chi connectivity index (χ0v) is 12.1. The topological polar surface area (TPSA) is 81.7 Å². The van der Waals surface area contributed by atoms with Gasteiger partial charge >= 0.3 is 12.0 Å². The Morgan fingerprint density at radius 2 is 2.10 bits per heavy atom. The number of urea groups is 1. The molecule has 0 aromatic heterocycles.